The van der Waals surface area contributed by atoms with E-state index in [1.807, 2.05) is 37.1 Å². The quantitative estimate of drug-likeness (QED) is 0.752. The van der Waals surface area contributed by atoms with Crippen LogP contribution in [0, 0.1) is 0 Å². The molecule has 3 nitrogen and oxygen atoms in total. The number of hydrogen-bond donors (Lipinski definition) is 2. The minimum absolute atomic E-state index is 0.0474. The number of phenols is 1. The third-order valence-electron chi connectivity index (χ3n) is 2.50. The fraction of sp³-hybridized carbons (Fsp3) is 0.364. The van der Waals surface area contributed by atoms with E-state index in [0.29, 0.717) is 10.9 Å². The number of rotatable bonds is 2. The lowest BCUT2D eigenvalue weighted by atomic mass is 10.1. The van der Waals surface area contributed by atoms with Crippen LogP contribution < -0.4 is 5.32 Å². The van der Waals surface area contributed by atoms with Crippen LogP contribution in [-0.4, -0.2) is 29.2 Å². The van der Waals surface area contributed by atoms with Crippen LogP contribution in [0.4, 0.5) is 0 Å². The largest absolute Gasteiger partial charge is 0.508 e. The maximum Gasteiger partial charge on any atom is 0.168 e. The van der Waals surface area contributed by atoms with Gasteiger partial charge in [-0.15, -0.1) is 0 Å². The van der Waals surface area contributed by atoms with Crippen molar-refractivity contribution >= 4 is 17.3 Å². The van der Waals surface area contributed by atoms with Crippen molar-refractivity contribution in [2.24, 2.45) is 0 Å². The lowest BCUT2D eigenvalue weighted by molar-refractivity contribution is 0.378. The molecule has 0 aromatic heterocycles. The first-order valence-corrected chi connectivity index (χ1v) is 5.21. The van der Waals surface area contributed by atoms with Gasteiger partial charge in [0.25, 0.3) is 0 Å². The van der Waals surface area contributed by atoms with Gasteiger partial charge in [0.2, 0.25) is 0 Å². The molecule has 0 saturated heterocycles. The minimum Gasteiger partial charge on any atom is -0.508 e. The highest BCUT2D eigenvalue weighted by Crippen LogP contribution is 2.26. The van der Waals surface area contributed by atoms with Gasteiger partial charge >= 0.3 is 0 Å². The minimum atomic E-state index is 0.0474. The van der Waals surface area contributed by atoms with E-state index in [0.717, 1.165) is 5.56 Å². The Balaban J connectivity index is 2.89. The molecular formula is C11H16N2OS. The second-order valence-electron chi connectivity index (χ2n) is 3.40. The maximum absolute atomic E-state index is 9.69. The molecule has 1 rings (SSSR count). The van der Waals surface area contributed by atoms with Gasteiger partial charge < -0.3 is 15.3 Å². The predicted octanol–water partition coefficient (Wildman–Crippen LogP) is 1.89. The standard InChI is InChI=1S/C11H16N2OS/c1-8(13(3)11(15)12-2)9-6-4-5-7-10(9)14/h4-8,14H,1-3H3,(H,12,15)/t8-/m1/s1. The molecule has 0 fully saturated rings. The van der Waals surface area contributed by atoms with Gasteiger partial charge in [-0.3, -0.25) is 0 Å². The van der Waals surface area contributed by atoms with Crippen LogP contribution in [0.1, 0.15) is 18.5 Å². The Morgan fingerprint density at radius 2 is 2.07 bits per heavy atom. The van der Waals surface area contributed by atoms with E-state index in [1.165, 1.54) is 0 Å². The molecular weight excluding hydrogens is 208 g/mol. The molecule has 1 aromatic carbocycles. The van der Waals surface area contributed by atoms with E-state index in [-0.39, 0.29) is 6.04 Å². The Hall–Kier alpha value is -1.29. The van der Waals surface area contributed by atoms with Gasteiger partial charge in [-0.05, 0) is 25.2 Å². The van der Waals surface area contributed by atoms with Crippen molar-refractivity contribution in [2.75, 3.05) is 14.1 Å². The highest BCUT2D eigenvalue weighted by Gasteiger charge is 2.16. The van der Waals surface area contributed by atoms with Gasteiger partial charge in [-0.25, -0.2) is 0 Å². The topological polar surface area (TPSA) is 35.5 Å². The fourth-order valence-electron chi connectivity index (χ4n) is 1.40. The molecule has 0 spiro atoms. The number of nitrogens with zero attached hydrogens (tertiary/aromatic N) is 1. The van der Waals surface area contributed by atoms with Crippen molar-refractivity contribution in [3.05, 3.63) is 29.8 Å². The summed E-state index contributed by atoms with van der Waals surface area (Å²) in [6.45, 7) is 2.00. The van der Waals surface area contributed by atoms with Crippen molar-refractivity contribution in [3.8, 4) is 5.75 Å². The molecule has 0 saturated carbocycles. The zero-order valence-electron chi connectivity index (χ0n) is 9.19. The van der Waals surface area contributed by atoms with E-state index in [9.17, 15) is 5.11 Å². The summed E-state index contributed by atoms with van der Waals surface area (Å²) in [5.74, 6) is 0.302. The first-order valence-electron chi connectivity index (χ1n) is 4.80. The molecule has 0 aliphatic rings. The van der Waals surface area contributed by atoms with Crippen LogP contribution in [0.2, 0.25) is 0 Å². The third kappa shape index (κ3) is 2.59. The van der Waals surface area contributed by atoms with E-state index >= 15 is 0 Å². The Bertz CT molecular complexity index is 354. The van der Waals surface area contributed by atoms with E-state index in [4.69, 9.17) is 12.2 Å². The van der Waals surface area contributed by atoms with Gasteiger partial charge in [0.05, 0.1) is 6.04 Å². The average Bonchev–Trinajstić information content (AvgIpc) is 2.26. The van der Waals surface area contributed by atoms with Crippen LogP contribution >= 0.6 is 12.2 Å². The van der Waals surface area contributed by atoms with Gasteiger partial charge in [0.15, 0.2) is 5.11 Å². The number of para-hydroxylation sites is 1. The van der Waals surface area contributed by atoms with Crippen molar-refractivity contribution in [1.82, 2.24) is 10.2 Å². The van der Waals surface area contributed by atoms with Gasteiger partial charge in [-0.1, -0.05) is 18.2 Å². The Morgan fingerprint density at radius 3 is 2.60 bits per heavy atom. The molecule has 0 unspecified atom stereocenters. The number of thiocarbonyl (C=S) groups is 1. The van der Waals surface area contributed by atoms with E-state index in [2.05, 4.69) is 5.32 Å². The Morgan fingerprint density at radius 1 is 1.47 bits per heavy atom. The Kier molecular flexibility index (Phi) is 3.91. The van der Waals surface area contributed by atoms with Gasteiger partial charge in [0, 0.05) is 19.7 Å². The molecule has 15 heavy (non-hydrogen) atoms. The summed E-state index contributed by atoms with van der Waals surface area (Å²) in [5.41, 5.74) is 0.873. The van der Waals surface area contributed by atoms with Crippen LogP contribution in [0.25, 0.3) is 0 Å². The van der Waals surface area contributed by atoms with E-state index in [1.54, 1.807) is 13.1 Å². The third-order valence-corrected chi connectivity index (χ3v) is 2.99. The zero-order valence-corrected chi connectivity index (χ0v) is 10.0. The fourth-order valence-corrected chi connectivity index (χ4v) is 1.56. The highest BCUT2D eigenvalue weighted by atomic mass is 32.1. The maximum atomic E-state index is 9.69. The van der Waals surface area contributed by atoms with Gasteiger partial charge in [-0.2, -0.15) is 0 Å². The first kappa shape index (κ1) is 11.8. The highest BCUT2D eigenvalue weighted by molar-refractivity contribution is 7.80. The summed E-state index contributed by atoms with van der Waals surface area (Å²) in [5, 5.41) is 13.3. The summed E-state index contributed by atoms with van der Waals surface area (Å²) < 4.78 is 0. The summed E-state index contributed by atoms with van der Waals surface area (Å²) in [7, 11) is 3.69. The molecule has 82 valence electrons. The van der Waals surface area contributed by atoms with Crippen molar-refractivity contribution in [3.63, 3.8) is 0 Å². The molecule has 0 aliphatic carbocycles. The number of aromatic hydroxyl groups is 1. The molecule has 2 N–H and O–H groups in total. The summed E-state index contributed by atoms with van der Waals surface area (Å²) in [6, 6.07) is 7.34. The summed E-state index contributed by atoms with van der Waals surface area (Å²) >= 11 is 5.13. The van der Waals surface area contributed by atoms with Crippen molar-refractivity contribution < 1.29 is 5.11 Å². The molecule has 0 amide bonds. The van der Waals surface area contributed by atoms with Crippen LogP contribution in [0.3, 0.4) is 0 Å². The molecule has 1 atom stereocenters. The number of benzene rings is 1. The van der Waals surface area contributed by atoms with Crippen LogP contribution in [0.15, 0.2) is 24.3 Å². The van der Waals surface area contributed by atoms with E-state index < -0.39 is 0 Å². The second-order valence-corrected chi connectivity index (χ2v) is 3.79. The Labute approximate surface area is 95.7 Å². The summed E-state index contributed by atoms with van der Waals surface area (Å²) in [4.78, 5) is 1.91. The molecule has 1 aromatic rings. The number of phenolic OH excluding ortho intramolecular Hbond substituents is 1. The van der Waals surface area contributed by atoms with Crippen molar-refractivity contribution in [1.29, 1.82) is 0 Å². The smallest absolute Gasteiger partial charge is 0.168 e. The lowest BCUT2D eigenvalue weighted by Gasteiger charge is -2.27. The predicted molar refractivity (Wildman–Crippen MR) is 65.9 cm³/mol. The molecule has 0 radical (unpaired) electrons. The molecule has 4 heteroatoms. The second kappa shape index (κ2) is 4.98. The molecule has 0 bridgehead atoms. The number of hydrogen-bond acceptors (Lipinski definition) is 2. The summed E-state index contributed by atoms with van der Waals surface area (Å²) in [6.07, 6.45) is 0. The van der Waals surface area contributed by atoms with Crippen LogP contribution in [0.5, 0.6) is 5.75 Å². The monoisotopic (exact) mass is 224 g/mol. The SMILES string of the molecule is CNC(=S)N(C)[C@H](C)c1ccccc1O. The average molecular weight is 224 g/mol. The lowest BCUT2D eigenvalue weighted by Crippen LogP contribution is -2.36. The molecule has 0 heterocycles. The van der Waals surface area contributed by atoms with Crippen LogP contribution in [-0.2, 0) is 0 Å². The molecule has 0 aliphatic heterocycles. The number of nitrogens with one attached hydrogen (secondary N) is 1. The van der Waals surface area contributed by atoms with Crippen molar-refractivity contribution in [2.45, 2.75) is 13.0 Å². The normalized spacial score (nSPS) is 11.9. The first-order chi connectivity index (χ1) is 7.07. The zero-order chi connectivity index (χ0) is 11.4. The van der Waals surface area contributed by atoms with Gasteiger partial charge in [0.1, 0.15) is 5.75 Å².